The molecular formula is C13H23NO2. The molecule has 0 amide bonds. The van der Waals surface area contributed by atoms with E-state index in [4.69, 9.17) is 0 Å². The summed E-state index contributed by atoms with van der Waals surface area (Å²) in [6.45, 7) is 3.35. The first-order valence-corrected chi connectivity index (χ1v) is 6.72. The van der Waals surface area contributed by atoms with Crippen LogP contribution in [0.15, 0.2) is 0 Å². The van der Waals surface area contributed by atoms with Crippen LogP contribution in [0, 0.1) is 5.92 Å². The Morgan fingerprint density at radius 1 is 1.25 bits per heavy atom. The average Bonchev–Trinajstić information content (AvgIpc) is 2.77. The highest BCUT2D eigenvalue weighted by Crippen LogP contribution is 2.34. The number of likely N-dealkylation sites (tertiary alicyclic amines) is 1. The van der Waals surface area contributed by atoms with E-state index in [0.29, 0.717) is 12.1 Å². The van der Waals surface area contributed by atoms with Gasteiger partial charge < -0.3 is 5.11 Å². The van der Waals surface area contributed by atoms with Crippen molar-refractivity contribution in [1.29, 1.82) is 0 Å². The maximum atomic E-state index is 11.2. The fourth-order valence-electron chi connectivity index (χ4n) is 3.52. The van der Waals surface area contributed by atoms with Gasteiger partial charge in [0.2, 0.25) is 0 Å². The molecule has 0 aromatic carbocycles. The molecule has 1 saturated carbocycles. The van der Waals surface area contributed by atoms with Crippen LogP contribution in [0.1, 0.15) is 51.9 Å². The Morgan fingerprint density at radius 3 is 2.75 bits per heavy atom. The minimum Gasteiger partial charge on any atom is -0.481 e. The van der Waals surface area contributed by atoms with Crippen LogP contribution in [0.4, 0.5) is 0 Å². The second-order valence-electron chi connectivity index (χ2n) is 5.24. The molecule has 0 aromatic rings. The van der Waals surface area contributed by atoms with Crippen LogP contribution in [-0.4, -0.2) is 34.6 Å². The molecule has 2 rings (SSSR count). The molecule has 3 heteroatoms. The van der Waals surface area contributed by atoms with Crippen LogP contribution in [0.25, 0.3) is 0 Å². The van der Waals surface area contributed by atoms with Crippen molar-refractivity contribution in [3.63, 3.8) is 0 Å². The van der Waals surface area contributed by atoms with Crippen LogP contribution in [0.5, 0.6) is 0 Å². The number of hydrogen-bond donors (Lipinski definition) is 1. The Morgan fingerprint density at radius 2 is 2.06 bits per heavy atom. The fourth-order valence-corrected chi connectivity index (χ4v) is 3.52. The lowest BCUT2D eigenvalue weighted by molar-refractivity contribution is -0.144. The molecule has 1 saturated heterocycles. The first kappa shape index (κ1) is 11.9. The van der Waals surface area contributed by atoms with Crippen LogP contribution in [-0.2, 0) is 4.79 Å². The van der Waals surface area contributed by atoms with Gasteiger partial charge in [-0.2, -0.15) is 0 Å². The SMILES string of the molecule is CCC1CCCCN1C1CCCC1C(=O)O. The predicted molar refractivity (Wildman–Crippen MR) is 63.4 cm³/mol. The lowest BCUT2D eigenvalue weighted by Gasteiger charge is -2.41. The maximum absolute atomic E-state index is 11.2. The second kappa shape index (κ2) is 5.17. The van der Waals surface area contributed by atoms with Crippen LogP contribution in [0.2, 0.25) is 0 Å². The van der Waals surface area contributed by atoms with E-state index >= 15 is 0 Å². The van der Waals surface area contributed by atoms with Gasteiger partial charge in [-0.15, -0.1) is 0 Å². The summed E-state index contributed by atoms with van der Waals surface area (Å²) in [6.07, 6.45) is 8.07. The molecule has 1 heterocycles. The molecule has 2 aliphatic rings. The van der Waals surface area contributed by atoms with Gasteiger partial charge in [-0.05, 0) is 38.6 Å². The molecule has 0 bridgehead atoms. The highest BCUT2D eigenvalue weighted by Gasteiger charge is 2.39. The summed E-state index contributed by atoms with van der Waals surface area (Å²) in [5, 5.41) is 9.25. The normalized spacial score (nSPS) is 36.4. The van der Waals surface area contributed by atoms with Crippen molar-refractivity contribution in [2.45, 2.75) is 64.0 Å². The Kier molecular flexibility index (Phi) is 3.85. The van der Waals surface area contributed by atoms with Crippen molar-refractivity contribution in [1.82, 2.24) is 4.90 Å². The number of piperidine rings is 1. The monoisotopic (exact) mass is 225 g/mol. The first-order chi connectivity index (χ1) is 7.74. The smallest absolute Gasteiger partial charge is 0.308 e. The molecule has 3 unspecified atom stereocenters. The number of carboxylic acid groups (broad SMARTS) is 1. The molecular weight excluding hydrogens is 202 g/mol. The van der Waals surface area contributed by atoms with Gasteiger partial charge in [-0.3, -0.25) is 9.69 Å². The molecule has 0 aromatic heterocycles. The lowest BCUT2D eigenvalue weighted by atomic mass is 9.93. The Labute approximate surface area is 97.8 Å². The molecule has 3 atom stereocenters. The maximum Gasteiger partial charge on any atom is 0.308 e. The molecule has 1 N–H and O–H groups in total. The summed E-state index contributed by atoms with van der Waals surface area (Å²) in [5.74, 6) is -0.685. The van der Waals surface area contributed by atoms with E-state index in [9.17, 15) is 9.90 Å². The number of hydrogen-bond acceptors (Lipinski definition) is 2. The highest BCUT2D eigenvalue weighted by molar-refractivity contribution is 5.71. The zero-order chi connectivity index (χ0) is 11.5. The zero-order valence-corrected chi connectivity index (χ0v) is 10.2. The zero-order valence-electron chi connectivity index (χ0n) is 10.2. The van der Waals surface area contributed by atoms with Gasteiger partial charge in [0.15, 0.2) is 0 Å². The van der Waals surface area contributed by atoms with E-state index in [1.165, 1.54) is 25.7 Å². The van der Waals surface area contributed by atoms with Crippen molar-refractivity contribution in [3.8, 4) is 0 Å². The summed E-state index contributed by atoms with van der Waals surface area (Å²) >= 11 is 0. The average molecular weight is 225 g/mol. The van der Waals surface area contributed by atoms with Crippen molar-refractivity contribution in [3.05, 3.63) is 0 Å². The predicted octanol–water partition coefficient (Wildman–Crippen LogP) is 2.50. The summed E-state index contributed by atoms with van der Waals surface area (Å²) in [7, 11) is 0. The summed E-state index contributed by atoms with van der Waals surface area (Å²) in [4.78, 5) is 13.7. The van der Waals surface area contributed by atoms with E-state index in [1.807, 2.05) is 0 Å². The quantitative estimate of drug-likeness (QED) is 0.802. The van der Waals surface area contributed by atoms with Gasteiger partial charge in [-0.25, -0.2) is 0 Å². The minimum absolute atomic E-state index is 0.104. The second-order valence-corrected chi connectivity index (χ2v) is 5.24. The number of carboxylic acids is 1. The minimum atomic E-state index is -0.581. The molecule has 1 aliphatic heterocycles. The van der Waals surface area contributed by atoms with Gasteiger partial charge in [0.25, 0.3) is 0 Å². The topological polar surface area (TPSA) is 40.5 Å². The molecule has 3 nitrogen and oxygen atoms in total. The van der Waals surface area contributed by atoms with Crippen LogP contribution >= 0.6 is 0 Å². The lowest BCUT2D eigenvalue weighted by Crippen LogP contribution is -2.48. The summed E-state index contributed by atoms with van der Waals surface area (Å²) in [5.41, 5.74) is 0. The van der Waals surface area contributed by atoms with Gasteiger partial charge in [-0.1, -0.05) is 19.8 Å². The third-order valence-corrected chi connectivity index (χ3v) is 4.37. The summed E-state index contributed by atoms with van der Waals surface area (Å²) in [6, 6.07) is 0.960. The van der Waals surface area contributed by atoms with E-state index in [1.54, 1.807) is 0 Å². The largest absolute Gasteiger partial charge is 0.481 e. The Hall–Kier alpha value is -0.570. The van der Waals surface area contributed by atoms with Gasteiger partial charge >= 0.3 is 5.97 Å². The van der Waals surface area contributed by atoms with Gasteiger partial charge in [0.1, 0.15) is 0 Å². The highest BCUT2D eigenvalue weighted by atomic mass is 16.4. The van der Waals surface area contributed by atoms with E-state index in [-0.39, 0.29) is 5.92 Å². The van der Waals surface area contributed by atoms with Crippen molar-refractivity contribution in [2.75, 3.05) is 6.54 Å². The molecule has 92 valence electrons. The van der Waals surface area contributed by atoms with E-state index in [2.05, 4.69) is 11.8 Å². The molecule has 16 heavy (non-hydrogen) atoms. The van der Waals surface area contributed by atoms with Gasteiger partial charge in [0.05, 0.1) is 5.92 Å². The summed E-state index contributed by atoms with van der Waals surface area (Å²) < 4.78 is 0. The number of aliphatic carboxylic acids is 1. The van der Waals surface area contributed by atoms with Crippen molar-refractivity contribution < 1.29 is 9.90 Å². The van der Waals surface area contributed by atoms with E-state index in [0.717, 1.165) is 25.8 Å². The molecule has 0 spiro atoms. The third-order valence-electron chi connectivity index (χ3n) is 4.37. The number of carbonyl (C=O) groups is 1. The standard InChI is InChI=1S/C13H23NO2/c1-2-10-6-3-4-9-14(10)12-8-5-7-11(12)13(15)16/h10-12H,2-9H2,1H3,(H,15,16). The van der Waals surface area contributed by atoms with Crippen molar-refractivity contribution in [2.24, 2.45) is 5.92 Å². The molecule has 0 radical (unpaired) electrons. The van der Waals surface area contributed by atoms with Gasteiger partial charge in [0, 0.05) is 12.1 Å². The third kappa shape index (κ3) is 2.24. The van der Waals surface area contributed by atoms with Crippen LogP contribution < -0.4 is 0 Å². The van der Waals surface area contributed by atoms with E-state index < -0.39 is 5.97 Å². The Bertz CT molecular complexity index is 254. The number of rotatable bonds is 3. The fraction of sp³-hybridized carbons (Fsp3) is 0.923. The first-order valence-electron chi connectivity index (χ1n) is 6.72. The number of nitrogens with zero attached hydrogens (tertiary/aromatic N) is 1. The molecule has 2 fully saturated rings. The van der Waals surface area contributed by atoms with Crippen LogP contribution in [0.3, 0.4) is 0 Å². The molecule has 1 aliphatic carbocycles. The Balaban J connectivity index is 2.06. The van der Waals surface area contributed by atoms with Crippen molar-refractivity contribution >= 4 is 5.97 Å².